The van der Waals surface area contributed by atoms with E-state index in [1.165, 1.54) is 7.11 Å². The number of halogens is 2. The average Bonchev–Trinajstić information content (AvgIpc) is 2.10. The lowest BCUT2D eigenvalue weighted by Crippen LogP contribution is -2.04. The van der Waals surface area contributed by atoms with Gasteiger partial charge in [-0.05, 0) is 47.2 Å². The molecule has 0 spiro atoms. The van der Waals surface area contributed by atoms with Crippen molar-refractivity contribution in [1.29, 1.82) is 0 Å². The topological polar surface area (TPSA) is 26.3 Å². The SMILES string of the molecule is COC(=O)c1cc(Cl)cc(I)c1C. The molecule has 13 heavy (non-hydrogen) atoms. The molecule has 0 radical (unpaired) electrons. The van der Waals surface area contributed by atoms with Gasteiger partial charge in [-0.3, -0.25) is 0 Å². The molecule has 2 nitrogen and oxygen atoms in total. The smallest absolute Gasteiger partial charge is 0.338 e. The Bertz CT molecular complexity index is 350. The number of rotatable bonds is 1. The van der Waals surface area contributed by atoms with Crippen molar-refractivity contribution in [3.05, 3.63) is 31.9 Å². The molecule has 0 bridgehead atoms. The molecule has 0 aliphatic rings. The lowest BCUT2D eigenvalue weighted by Gasteiger charge is -2.06. The van der Waals surface area contributed by atoms with E-state index in [1.807, 2.05) is 13.0 Å². The van der Waals surface area contributed by atoms with E-state index in [4.69, 9.17) is 11.6 Å². The molecule has 0 atom stereocenters. The van der Waals surface area contributed by atoms with E-state index in [9.17, 15) is 4.79 Å². The average molecular weight is 311 g/mol. The molecule has 1 aromatic carbocycles. The van der Waals surface area contributed by atoms with Crippen LogP contribution in [0, 0.1) is 10.5 Å². The number of hydrogen-bond acceptors (Lipinski definition) is 2. The quantitative estimate of drug-likeness (QED) is 0.589. The molecule has 1 aromatic rings. The molecule has 0 unspecified atom stereocenters. The highest BCUT2D eigenvalue weighted by atomic mass is 127. The minimum absolute atomic E-state index is 0.349. The Morgan fingerprint density at radius 2 is 2.15 bits per heavy atom. The summed E-state index contributed by atoms with van der Waals surface area (Å²) in [5.41, 5.74) is 1.43. The van der Waals surface area contributed by atoms with Crippen LogP contribution in [0.15, 0.2) is 12.1 Å². The number of carbonyl (C=O) groups is 1. The minimum atomic E-state index is -0.349. The number of methoxy groups -OCH3 is 1. The number of ether oxygens (including phenoxy) is 1. The summed E-state index contributed by atoms with van der Waals surface area (Å²) in [6, 6.07) is 3.43. The van der Waals surface area contributed by atoms with E-state index in [0.29, 0.717) is 10.6 Å². The summed E-state index contributed by atoms with van der Waals surface area (Å²) in [5, 5.41) is 0.551. The minimum Gasteiger partial charge on any atom is -0.465 e. The first-order valence-corrected chi connectivity index (χ1v) is 5.06. The molecule has 0 N–H and O–H groups in total. The Kier molecular flexibility index (Phi) is 3.55. The molecule has 4 heteroatoms. The molecule has 0 aromatic heterocycles. The fourth-order valence-corrected chi connectivity index (χ4v) is 2.00. The van der Waals surface area contributed by atoms with Crippen LogP contribution >= 0.6 is 34.2 Å². The first-order chi connectivity index (χ1) is 6.06. The van der Waals surface area contributed by atoms with Gasteiger partial charge in [0.25, 0.3) is 0 Å². The Morgan fingerprint density at radius 3 is 2.69 bits per heavy atom. The van der Waals surface area contributed by atoms with E-state index in [2.05, 4.69) is 27.3 Å². The van der Waals surface area contributed by atoms with E-state index in [-0.39, 0.29) is 5.97 Å². The predicted molar refractivity (Wildman–Crippen MR) is 60.2 cm³/mol. The molecular weight excluding hydrogens is 302 g/mol. The summed E-state index contributed by atoms with van der Waals surface area (Å²) in [4.78, 5) is 11.3. The summed E-state index contributed by atoms with van der Waals surface area (Å²) in [5.74, 6) is -0.349. The summed E-state index contributed by atoms with van der Waals surface area (Å²) < 4.78 is 5.59. The molecule has 1 rings (SSSR count). The van der Waals surface area contributed by atoms with Crippen LogP contribution in [0.2, 0.25) is 5.02 Å². The second kappa shape index (κ2) is 4.28. The van der Waals surface area contributed by atoms with Gasteiger partial charge in [-0.25, -0.2) is 4.79 Å². The third-order valence-corrected chi connectivity index (χ3v) is 3.05. The predicted octanol–water partition coefficient (Wildman–Crippen LogP) is 3.04. The zero-order valence-electron chi connectivity index (χ0n) is 7.23. The third kappa shape index (κ3) is 2.34. The molecule has 0 amide bonds. The summed E-state index contributed by atoms with van der Waals surface area (Å²) in [7, 11) is 1.36. The molecule has 0 aliphatic carbocycles. The lowest BCUT2D eigenvalue weighted by atomic mass is 10.1. The standard InChI is InChI=1S/C9H8ClIO2/c1-5-7(9(12)13-2)3-6(10)4-8(5)11/h3-4H,1-2H3. The molecule has 0 saturated carbocycles. The fourth-order valence-electron chi connectivity index (χ4n) is 0.968. The Balaban J connectivity index is 3.28. The maximum absolute atomic E-state index is 11.3. The van der Waals surface area contributed by atoms with Gasteiger partial charge in [-0.15, -0.1) is 0 Å². The normalized spacial score (nSPS) is 9.85. The number of esters is 1. The highest BCUT2D eigenvalue weighted by molar-refractivity contribution is 14.1. The molecule has 0 saturated heterocycles. The fraction of sp³-hybridized carbons (Fsp3) is 0.222. The molecule has 0 aliphatic heterocycles. The van der Waals surface area contributed by atoms with Gasteiger partial charge in [0.2, 0.25) is 0 Å². The molecule has 0 heterocycles. The van der Waals surface area contributed by atoms with Crippen molar-refractivity contribution >= 4 is 40.2 Å². The van der Waals surface area contributed by atoms with Gasteiger partial charge in [0.05, 0.1) is 12.7 Å². The monoisotopic (exact) mass is 310 g/mol. The second-order valence-electron chi connectivity index (χ2n) is 2.55. The molecule has 0 fully saturated rings. The zero-order chi connectivity index (χ0) is 10.0. The van der Waals surface area contributed by atoms with E-state index < -0.39 is 0 Å². The van der Waals surface area contributed by atoms with Crippen LogP contribution in [-0.4, -0.2) is 13.1 Å². The number of hydrogen-bond donors (Lipinski definition) is 0. The van der Waals surface area contributed by atoms with Crippen molar-refractivity contribution < 1.29 is 9.53 Å². The van der Waals surface area contributed by atoms with Gasteiger partial charge in [-0.1, -0.05) is 11.6 Å². The van der Waals surface area contributed by atoms with Crippen LogP contribution in [0.5, 0.6) is 0 Å². The first kappa shape index (κ1) is 10.8. The van der Waals surface area contributed by atoms with E-state index in [1.54, 1.807) is 6.07 Å². The summed E-state index contributed by atoms with van der Waals surface area (Å²) in [6.07, 6.45) is 0. The Labute approximate surface area is 95.4 Å². The van der Waals surface area contributed by atoms with Crippen LogP contribution < -0.4 is 0 Å². The Hall–Kier alpha value is -0.290. The van der Waals surface area contributed by atoms with Crippen LogP contribution in [0.25, 0.3) is 0 Å². The Morgan fingerprint density at radius 1 is 1.54 bits per heavy atom. The van der Waals surface area contributed by atoms with Crippen molar-refractivity contribution in [1.82, 2.24) is 0 Å². The van der Waals surface area contributed by atoms with Gasteiger partial charge in [-0.2, -0.15) is 0 Å². The second-order valence-corrected chi connectivity index (χ2v) is 4.15. The molecule has 70 valence electrons. The summed E-state index contributed by atoms with van der Waals surface area (Å²) >= 11 is 7.94. The van der Waals surface area contributed by atoms with Crippen molar-refractivity contribution in [2.75, 3.05) is 7.11 Å². The van der Waals surface area contributed by atoms with Gasteiger partial charge >= 0.3 is 5.97 Å². The highest BCUT2D eigenvalue weighted by Gasteiger charge is 2.12. The summed E-state index contributed by atoms with van der Waals surface area (Å²) in [6.45, 7) is 1.87. The zero-order valence-corrected chi connectivity index (χ0v) is 10.1. The van der Waals surface area contributed by atoms with Crippen LogP contribution in [0.3, 0.4) is 0 Å². The van der Waals surface area contributed by atoms with Crippen LogP contribution in [-0.2, 0) is 4.74 Å². The van der Waals surface area contributed by atoms with Crippen molar-refractivity contribution in [2.45, 2.75) is 6.92 Å². The van der Waals surface area contributed by atoms with Gasteiger partial charge < -0.3 is 4.74 Å². The van der Waals surface area contributed by atoms with Crippen LogP contribution in [0.1, 0.15) is 15.9 Å². The largest absolute Gasteiger partial charge is 0.465 e. The van der Waals surface area contributed by atoms with E-state index >= 15 is 0 Å². The maximum Gasteiger partial charge on any atom is 0.338 e. The van der Waals surface area contributed by atoms with Gasteiger partial charge in [0.15, 0.2) is 0 Å². The lowest BCUT2D eigenvalue weighted by molar-refractivity contribution is 0.0600. The number of benzene rings is 1. The van der Waals surface area contributed by atoms with Gasteiger partial charge in [0.1, 0.15) is 0 Å². The van der Waals surface area contributed by atoms with Crippen molar-refractivity contribution in [3.8, 4) is 0 Å². The third-order valence-electron chi connectivity index (χ3n) is 1.71. The first-order valence-electron chi connectivity index (χ1n) is 3.60. The highest BCUT2D eigenvalue weighted by Crippen LogP contribution is 2.22. The van der Waals surface area contributed by atoms with Gasteiger partial charge in [0, 0.05) is 8.59 Å². The maximum atomic E-state index is 11.3. The number of carbonyl (C=O) groups excluding carboxylic acids is 1. The van der Waals surface area contributed by atoms with Crippen LogP contribution in [0.4, 0.5) is 0 Å². The van der Waals surface area contributed by atoms with E-state index in [0.717, 1.165) is 9.13 Å². The molecular formula is C9H8ClIO2. The van der Waals surface area contributed by atoms with Crippen molar-refractivity contribution in [3.63, 3.8) is 0 Å². The van der Waals surface area contributed by atoms with Crippen molar-refractivity contribution in [2.24, 2.45) is 0 Å².